The zero-order valence-electron chi connectivity index (χ0n) is 19.1. The third-order valence-electron chi connectivity index (χ3n) is 6.26. The summed E-state index contributed by atoms with van der Waals surface area (Å²) in [5, 5.41) is 11.1. The lowest BCUT2D eigenvalue weighted by molar-refractivity contribution is -0.125. The summed E-state index contributed by atoms with van der Waals surface area (Å²) in [4.78, 5) is 12.3. The van der Waals surface area contributed by atoms with E-state index in [1.807, 2.05) is 22.8 Å². The van der Waals surface area contributed by atoms with Crippen molar-refractivity contribution in [2.45, 2.75) is 26.4 Å². The Hall–Kier alpha value is -3.16. The van der Waals surface area contributed by atoms with Crippen LogP contribution in [0.25, 0.3) is 16.6 Å². The number of ether oxygens (including phenoxy) is 1. The molecule has 2 aromatic carbocycles. The van der Waals surface area contributed by atoms with Crippen LogP contribution in [0.15, 0.2) is 71.3 Å². The molecule has 7 heteroatoms. The fourth-order valence-corrected chi connectivity index (χ4v) is 4.73. The maximum absolute atomic E-state index is 12.3. The molecule has 1 fully saturated rings. The molecule has 1 saturated heterocycles. The van der Waals surface area contributed by atoms with E-state index in [1.165, 1.54) is 11.1 Å². The third kappa shape index (κ3) is 4.86. The highest BCUT2D eigenvalue weighted by Gasteiger charge is 2.23. The van der Waals surface area contributed by atoms with Crippen LogP contribution in [-0.2, 0) is 22.6 Å². The molecule has 2 aromatic heterocycles. The topological polar surface area (TPSA) is 67.7 Å². The number of benzene rings is 2. The summed E-state index contributed by atoms with van der Waals surface area (Å²) in [7, 11) is 0. The van der Waals surface area contributed by atoms with E-state index in [0.29, 0.717) is 26.3 Å². The summed E-state index contributed by atoms with van der Waals surface area (Å²) in [6.07, 6.45) is 2.62. The van der Waals surface area contributed by atoms with Gasteiger partial charge in [0.15, 0.2) is 0 Å². The minimum absolute atomic E-state index is 0.0267. The smallest absolute Gasteiger partial charge is 0.225 e. The molecule has 0 aliphatic carbocycles. The van der Waals surface area contributed by atoms with Gasteiger partial charge < -0.3 is 15.4 Å². The van der Waals surface area contributed by atoms with Gasteiger partial charge in [-0.15, -0.1) is 0 Å². The zero-order valence-corrected chi connectivity index (χ0v) is 20.6. The number of halogens is 1. The molecule has 6 nitrogen and oxygen atoms in total. The molecule has 0 spiro atoms. The van der Waals surface area contributed by atoms with Gasteiger partial charge in [0.05, 0.1) is 28.7 Å². The predicted molar refractivity (Wildman–Crippen MR) is 138 cm³/mol. The molecule has 34 heavy (non-hydrogen) atoms. The maximum atomic E-state index is 12.3. The highest BCUT2D eigenvalue weighted by molar-refractivity contribution is 9.10. The van der Waals surface area contributed by atoms with Gasteiger partial charge in [0.2, 0.25) is 5.91 Å². The van der Waals surface area contributed by atoms with Crippen LogP contribution in [0.1, 0.15) is 23.1 Å². The van der Waals surface area contributed by atoms with E-state index >= 15 is 0 Å². The Balaban J connectivity index is 1.33. The molecular weight excluding hydrogens is 492 g/mol. The number of nitrogens with zero attached hydrogens (tertiary/aromatic N) is 2. The van der Waals surface area contributed by atoms with Gasteiger partial charge in [0, 0.05) is 19.7 Å². The highest BCUT2D eigenvalue weighted by Crippen LogP contribution is 2.30. The first-order valence-corrected chi connectivity index (χ1v) is 12.3. The van der Waals surface area contributed by atoms with E-state index in [2.05, 4.69) is 87.1 Å². The van der Waals surface area contributed by atoms with E-state index in [0.717, 1.165) is 38.9 Å². The largest absolute Gasteiger partial charge is 0.381 e. The Kier molecular flexibility index (Phi) is 6.65. The van der Waals surface area contributed by atoms with Gasteiger partial charge >= 0.3 is 0 Å². The van der Waals surface area contributed by atoms with Gasteiger partial charge in [-0.3, -0.25) is 4.79 Å². The number of aryl methyl sites for hydroxylation is 1. The SMILES string of the molecule is Cc1ccccc1-c1cc(NCc2cccc(CNC(=O)C3CCOC3)c2)n2ncc(Br)c2c1. The van der Waals surface area contributed by atoms with Crippen LogP contribution in [0.5, 0.6) is 0 Å². The number of carbonyl (C=O) groups excluding carboxylic acids is 1. The molecule has 3 heterocycles. The van der Waals surface area contributed by atoms with Crippen LogP contribution >= 0.6 is 15.9 Å². The summed E-state index contributed by atoms with van der Waals surface area (Å²) in [6.45, 7) is 4.48. The van der Waals surface area contributed by atoms with Crippen LogP contribution < -0.4 is 10.6 Å². The fourth-order valence-electron chi connectivity index (χ4n) is 4.35. The van der Waals surface area contributed by atoms with E-state index < -0.39 is 0 Å². The predicted octanol–water partition coefficient (Wildman–Crippen LogP) is 5.34. The molecule has 1 amide bonds. The van der Waals surface area contributed by atoms with Crippen molar-refractivity contribution in [3.8, 4) is 11.1 Å². The van der Waals surface area contributed by atoms with Crippen molar-refractivity contribution in [1.29, 1.82) is 0 Å². The first kappa shape index (κ1) is 22.6. The number of amides is 1. The second kappa shape index (κ2) is 9.99. The van der Waals surface area contributed by atoms with Gasteiger partial charge in [-0.05, 0) is 69.2 Å². The Bertz CT molecular complexity index is 1330. The lowest BCUT2D eigenvalue weighted by Gasteiger charge is -2.14. The number of nitrogens with one attached hydrogen (secondary N) is 2. The molecule has 1 aliphatic rings. The summed E-state index contributed by atoms with van der Waals surface area (Å²) in [6, 6.07) is 21.0. The quantitative estimate of drug-likeness (QED) is 0.346. The van der Waals surface area contributed by atoms with Crippen molar-refractivity contribution >= 4 is 33.2 Å². The van der Waals surface area contributed by atoms with Gasteiger partial charge in [-0.1, -0.05) is 48.5 Å². The molecule has 1 unspecified atom stereocenters. The van der Waals surface area contributed by atoms with Crippen molar-refractivity contribution in [1.82, 2.24) is 14.9 Å². The zero-order chi connectivity index (χ0) is 23.5. The minimum atomic E-state index is -0.0267. The first-order chi connectivity index (χ1) is 16.6. The molecule has 0 saturated carbocycles. The molecule has 1 atom stereocenters. The molecule has 2 N–H and O–H groups in total. The van der Waals surface area contributed by atoms with E-state index in [9.17, 15) is 4.79 Å². The molecule has 5 rings (SSSR count). The second-order valence-electron chi connectivity index (χ2n) is 8.69. The third-order valence-corrected chi connectivity index (χ3v) is 6.87. The van der Waals surface area contributed by atoms with Crippen molar-refractivity contribution < 1.29 is 9.53 Å². The van der Waals surface area contributed by atoms with Gasteiger partial charge in [0.1, 0.15) is 5.82 Å². The number of anilines is 1. The number of aromatic nitrogens is 2. The summed E-state index contributed by atoms with van der Waals surface area (Å²) in [5.74, 6) is 0.961. The van der Waals surface area contributed by atoms with Crippen LogP contribution in [0.4, 0.5) is 5.82 Å². The number of pyridine rings is 1. The lowest BCUT2D eigenvalue weighted by Crippen LogP contribution is -2.30. The van der Waals surface area contributed by atoms with Crippen molar-refractivity contribution in [3.63, 3.8) is 0 Å². The van der Waals surface area contributed by atoms with Gasteiger partial charge in [0.25, 0.3) is 0 Å². The normalized spacial score (nSPS) is 15.5. The Labute approximate surface area is 207 Å². The molecular formula is C27H27BrN4O2. The number of rotatable bonds is 7. The standard InChI is InChI=1S/C27H27BrN4O2/c1-18-5-2-3-8-23(18)22-12-25-24(28)16-31-32(25)26(13-22)29-14-19-6-4-7-20(11-19)15-30-27(33)21-9-10-34-17-21/h2-8,11-13,16,21,29H,9-10,14-15,17H2,1H3,(H,30,33). The number of hydrogen-bond acceptors (Lipinski definition) is 4. The Morgan fingerprint density at radius 3 is 2.74 bits per heavy atom. The average molecular weight is 519 g/mol. The summed E-state index contributed by atoms with van der Waals surface area (Å²) < 4.78 is 8.19. The van der Waals surface area contributed by atoms with Gasteiger partial charge in [-0.2, -0.15) is 5.10 Å². The lowest BCUT2D eigenvalue weighted by atomic mass is 10.0. The van der Waals surface area contributed by atoms with Crippen molar-refractivity contribution in [3.05, 3.63) is 88.0 Å². The van der Waals surface area contributed by atoms with Crippen LogP contribution in [0, 0.1) is 12.8 Å². The van der Waals surface area contributed by atoms with Crippen LogP contribution in [0.2, 0.25) is 0 Å². The Morgan fingerprint density at radius 2 is 1.94 bits per heavy atom. The molecule has 1 aliphatic heterocycles. The number of carbonyl (C=O) groups is 1. The number of fused-ring (bicyclic) bond motifs is 1. The molecule has 4 aromatic rings. The highest BCUT2D eigenvalue weighted by atomic mass is 79.9. The maximum Gasteiger partial charge on any atom is 0.225 e. The molecule has 0 bridgehead atoms. The van der Waals surface area contributed by atoms with Crippen LogP contribution in [0.3, 0.4) is 0 Å². The van der Waals surface area contributed by atoms with Crippen LogP contribution in [-0.4, -0.2) is 28.7 Å². The molecule has 174 valence electrons. The van der Waals surface area contributed by atoms with E-state index in [4.69, 9.17) is 4.74 Å². The average Bonchev–Trinajstić information content (AvgIpc) is 3.52. The minimum Gasteiger partial charge on any atom is -0.381 e. The monoisotopic (exact) mass is 518 g/mol. The Morgan fingerprint density at radius 1 is 1.12 bits per heavy atom. The summed E-state index contributed by atoms with van der Waals surface area (Å²) in [5.41, 5.74) is 6.79. The van der Waals surface area contributed by atoms with E-state index in [-0.39, 0.29) is 11.8 Å². The van der Waals surface area contributed by atoms with Crippen molar-refractivity contribution in [2.75, 3.05) is 18.5 Å². The first-order valence-electron chi connectivity index (χ1n) is 11.5. The second-order valence-corrected chi connectivity index (χ2v) is 9.54. The van der Waals surface area contributed by atoms with E-state index in [1.54, 1.807) is 0 Å². The summed E-state index contributed by atoms with van der Waals surface area (Å²) >= 11 is 3.63. The van der Waals surface area contributed by atoms with Crippen molar-refractivity contribution in [2.24, 2.45) is 5.92 Å². The number of hydrogen-bond donors (Lipinski definition) is 2. The van der Waals surface area contributed by atoms with Gasteiger partial charge in [-0.25, -0.2) is 4.52 Å². The fraction of sp³-hybridized carbons (Fsp3) is 0.259. The molecule has 0 radical (unpaired) electrons.